The van der Waals surface area contributed by atoms with Crippen molar-refractivity contribution in [3.63, 3.8) is 0 Å². The number of anilines is 1. The molecule has 13 heteroatoms. The van der Waals surface area contributed by atoms with Crippen molar-refractivity contribution in [2.75, 3.05) is 64.8 Å². The van der Waals surface area contributed by atoms with Crippen molar-refractivity contribution < 1.29 is 19.2 Å². The van der Waals surface area contributed by atoms with Gasteiger partial charge in [0.15, 0.2) is 0 Å². The molecule has 4 rings (SSSR count). The van der Waals surface area contributed by atoms with Crippen LogP contribution in [0.4, 0.5) is 11.4 Å². The number of aromatic nitrogens is 1. The Labute approximate surface area is 249 Å². The number of carbonyl (C=O) groups is 2. The maximum absolute atomic E-state index is 13.7. The number of halogens is 2. The number of nitrogens with zero attached hydrogens (tertiary/aromatic N) is 5. The molecule has 2 saturated heterocycles. The third-order valence-electron chi connectivity index (χ3n) is 7.28. The SMILES string of the molecule is COCCN1CCN(C(=O)c2cc(Br)cc([N+](=O)[O-])c2N[C@H]2CN(C(=O)c3cncc(I)c3)CC2(C)C)CC1. The van der Waals surface area contributed by atoms with E-state index in [0.717, 1.165) is 10.1 Å². The van der Waals surface area contributed by atoms with E-state index in [4.69, 9.17) is 4.74 Å². The highest BCUT2D eigenvalue weighted by atomic mass is 127. The normalized spacial score (nSPS) is 19.3. The monoisotopic (exact) mass is 714 g/mol. The summed E-state index contributed by atoms with van der Waals surface area (Å²) in [7, 11) is 1.66. The Kier molecular flexibility index (Phi) is 9.45. The number of pyridine rings is 1. The Morgan fingerprint density at radius 2 is 1.90 bits per heavy atom. The van der Waals surface area contributed by atoms with Crippen LogP contribution >= 0.6 is 38.5 Å². The molecule has 0 unspecified atom stereocenters. The lowest BCUT2D eigenvalue weighted by atomic mass is 9.87. The number of amides is 2. The minimum Gasteiger partial charge on any atom is -0.383 e. The van der Waals surface area contributed by atoms with Gasteiger partial charge in [0.1, 0.15) is 5.69 Å². The number of nitrogens with one attached hydrogen (secondary N) is 1. The van der Waals surface area contributed by atoms with E-state index in [-0.39, 0.29) is 34.8 Å². The fraction of sp³-hybridized carbons (Fsp3) is 0.500. The third-order valence-corrected chi connectivity index (χ3v) is 8.33. The van der Waals surface area contributed by atoms with Crippen LogP contribution in [0, 0.1) is 19.1 Å². The molecule has 3 heterocycles. The Morgan fingerprint density at radius 1 is 1.18 bits per heavy atom. The van der Waals surface area contributed by atoms with Crippen LogP contribution in [-0.2, 0) is 4.74 Å². The van der Waals surface area contributed by atoms with Crippen LogP contribution in [0.25, 0.3) is 0 Å². The van der Waals surface area contributed by atoms with Crippen molar-refractivity contribution in [2.24, 2.45) is 5.41 Å². The zero-order chi connectivity index (χ0) is 28.3. The van der Waals surface area contributed by atoms with Crippen molar-refractivity contribution in [3.05, 3.63) is 59.9 Å². The van der Waals surface area contributed by atoms with Gasteiger partial charge in [-0.1, -0.05) is 29.8 Å². The van der Waals surface area contributed by atoms with Gasteiger partial charge in [-0.25, -0.2) is 0 Å². The molecule has 1 aromatic carbocycles. The fourth-order valence-electron chi connectivity index (χ4n) is 5.04. The molecule has 2 fully saturated rings. The molecule has 2 aliphatic heterocycles. The highest BCUT2D eigenvalue weighted by Crippen LogP contribution is 2.39. The molecule has 0 saturated carbocycles. The fourth-order valence-corrected chi connectivity index (χ4v) is 5.98. The van der Waals surface area contributed by atoms with Crippen molar-refractivity contribution in [2.45, 2.75) is 19.9 Å². The Hall–Kier alpha value is -2.36. The first kappa shape index (κ1) is 29.6. The van der Waals surface area contributed by atoms with E-state index in [0.29, 0.717) is 55.9 Å². The van der Waals surface area contributed by atoms with Crippen molar-refractivity contribution in [3.8, 4) is 0 Å². The molecule has 0 aliphatic carbocycles. The van der Waals surface area contributed by atoms with Gasteiger partial charge in [0, 0.05) is 84.8 Å². The first-order valence-electron chi connectivity index (χ1n) is 12.6. The maximum atomic E-state index is 13.7. The number of carbonyl (C=O) groups excluding carboxylic acids is 2. The number of ether oxygens (including phenoxy) is 1. The predicted octanol–water partition coefficient (Wildman–Crippen LogP) is 3.72. The number of hydrogen-bond donors (Lipinski definition) is 1. The van der Waals surface area contributed by atoms with Gasteiger partial charge in [-0.2, -0.15) is 0 Å². The summed E-state index contributed by atoms with van der Waals surface area (Å²) in [5.41, 5.74) is 0.309. The van der Waals surface area contributed by atoms with Crippen LogP contribution in [0.15, 0.2) is 35.1 Å². The molecule has 0 spiro atoms. The van der Waals surface area contributed by atoms with Gasteiger partial charge in [-0.3, -0.25) is 29.6 Å². The summed E-state index contributed by atoms with van der Waals surface area (Å²) in [4.78, 5) is 48.4. The van der Waals surface area contributed by atoms with Gasteiger partial charge in [-0.05, 0) is 34.7 Å². The summed E-state index contributed by atoms with van der Waals surface area (Å²) in [5, 5.41) is 15.5. The lowest BCUT2D eigenvalue weighted by molar-refractivity contribution is -0.384. The van der Waals surface area contributed by atoms with E-state index in [2.05, 4.69) is 53.7 Å². The summed E-state index contributed by atoms with van der Waals surface area (Å²) >= 11 is 5.47. The van der Waals surface area contributed by atoms with E-state index in [9.17, 15) is 19.7 Å². The zero-order valence-corrected chi connectivity index (χ0v) is 25.9. The van der Waals surface area contributed by atoms with Gasteiger partial charge in [0.25, 0.3) is 17.5 Å². The lowest BCUT2D eigenvalue weighted by Crippen LogP contribution is -2.49. The highest BCUT2D eigenvalue weighted by Gasteiger charge is 2.43. The molecule has 0 radical (unpaired) electrons. The van der Waals surface area contributed by atoms with E-state index in [1.165, 1.54) is 6.07 Å². The molecule has 2 amide bonds. The average Bonchev–Trinajstić information content (AvgIpc) is 3.21. The smallest absolute Gasteiger partial charge is 0.294 e. The molecule has 0 bridgehead atoms. The molecular weight excluding hydrogens is 683 g/mol. The summed E-state index contributed by atoms with van der Waals surface area (Å²) in [6.07, 6.45) is 3.23. The van der Waals surface area contributed by atoms with Crippen LogP contribution < -0.4 is 5.32 Å². The van der Waals surface area contributed by atoms with Gasteiger partial charge < -0.3 is 19.9 Å². The minimum absolute atomic E-state index is 0.147. The number of likely N-dealkylation sites (tertiary alicyclic amines) is 1. The van der Waals surface area contributed by atoms with E-state index in [1.807, 2.05) is 13.8 Å². The Morgan fingerprint density at radius 3 is 2.54 bits per heavy atom. The van der Waals surface area contributed by atoms with E-state index >= 15 is 0 Å². The number of benzene rings is 1. The lowest BCUT2D eigenvalue weighted by Gasteiger charge is -2.35. The first-order chi connectivity index (χ1) is 18.5. The Balaban J connectivity index is 1.59. The van der Waals surface area contributed by atoms with Gasteiger partial charge in [0.2, 0.25) is 0 Å². The van der Waals surface area contributed by atoms with Crippen molar-refractivity contribution in [1.82, 2.24) is 19.7 Å². The molecule has 1 N–H and O–H groups in total. The van der Waals surface area contributed by atoms with Crippen LogP contribution in [0.5, 0.6) is 0 Å². The number of piperazine rings is 1. The maximum Gasteiger partial charge on any atom is 0.294 e. The number of rotatable bonds is 8. The van der Waals surface area contributed by atoms with Gasteiger partial charge >= 0.3 is 0 Å². The number of hydrogen-bond acceptors (Lipinski definition) is 8. The summed E-state index contributed by atoms with van der Waals surface area (Å²) in [6.45, 7) is 8.65. The largest absolute Gasteiger partial charge is 0.383 e. The van der Waals surface area contributed by atoms with Gasteiger partial charge in [-0.15, -0.1) is 0 Å². The molecular formula is C26H32BrIN6O5. The molecule has 210 valence electrons. The number of nitro benzene ring substituents is 1. The topological polar surface area (TPSA) is 121 Å². The molecule has 2 aliphatic rings. The van der Waals surface area contributed by atoms with Gasteiger partial charge in [0.05, 0.1) is 28.7 Å². The molecule has 1 atom stereocenters. The summed E-state index contributed by atoms with van der Waals surface area (Å²) in [6, 6.07) is 4.51. The van der Waals surface area contributed by atoms with Crippen LogP contribution in [0.1, 0.15) is 34.6 Å². The predicted molar refractivity (Wildman–Crippen MR) is 159 cm³/mol. The molecule has 1 aromatic heterocycles. The second-order valence-corrected chi connectivity index (χ2v) is 12.7. The summed E-state index contributed by atoms with van der Waals surface area (Å²) < 4.78 is 6.47. The number of methoxy groups -OCH3 is 1. The molecule has 2 aromatic rings. The van der Waals surface area contributed by atoms with E-state index in [1.54, 1.807) is 41.4 Å². The quantitative estimate of drug-likeness (QED) is 0.250. The number of nitro groups is 1. The van der Waals surface area contributed by atoms with Crippen LogP contribution in [0.2, 0.25) is 0 Å². The van der Waals surface area contributed by atoms with E-state index < -0.39 is 10.3 Å². The highest BCUT2D eigenvalue weighted by molar-refractivity contribution is 14.1. The molecule has 39 heavy (non-hydrogen) atoms. The zero-order valence-electron chi connectivity index (χ0n) is 22.2. The van der Waals surface area contributed by atoms with Crippen LogP contribution in [-0.4, -0.2) is 102 Å². The Bertz CT molecular complexity index is 1250. The standard InChI is InChI=1S/C26H32BrIN6O5/c1-26(2)16-33(24(35)17-10-19(28)14-29-13-17)15-22(26)30-23-20(11-18(27)12-21(23)34(37)38)25(36)32-6-4-31(5-7-32)8-9-39-3/h10-14,22,30H,4-9,15-16H2,1-3H3/t22-/m0/s1. The second-order valence-electron chi connectivity index (χ2n) is 10.5. The second kappa shape index (κ2) is 12.4. The average molecular weight is 715 g/mol. The minimum atomic E-state index is -0.477. The third kappa shape index (κ3) is 6.87. The van der Waals surface area contributed by atoms with Crippen molar-refractivity contribution >= 4 is 61.7 Å². The van der Waals surface area contributed by atoms with Crippen molar-refractivity contribution in [1.29, 1.82) is 0 Å². The molecule has 11 nitrogen and oxygen atoms in total. The summed E-state index contributed by atoms with van der Waals surface area (Å²) in [5.74, 6) is -0.409. The van der Waals surface area contributed by atoms with Crippen LogP contribution in [0.3, 0.4) is 0 Å². The first-order valence-corrected chi connectivity index (χ1v) is 14.5.